The van der Waals surface area contributed by atoms with Crippen molar-refractivity contribution in [2.75, 3.05) is 10.5 Å². The SMILES string of the molecule is CCS(=O)(=O)Nc1ccc(C(=O)/C=C/c2ccccc2OC(F)F)cc1. The summed E-state index contributed by atoms with van der Waals surface area (Å²) in [6, 6.07) is 12.0. The molecule has 26 heavy (non-hydrogen) atoms. The molecule has 138 valence electrons. The van der Waals surface area contributed by atoms with Gasteiger partial charge in [-0.15, -0.1) is 0 Å². The van der Waals surface area contributed by atoms with Crippen molar-refractivity contribution >= 4 is 27.6 Å². The van der Waals surface area contributed by atoms with E-state index in [1.807, 2.05) is 0 Å². The van der Waals surface area contributed by atoms with Gasteiger partial charge in [0, 0.05) is 16.8 Å². The number of carbonyl (C=O) groups excluding carboxylic acids is 1. The number of sulfonamides is 1. The fourth-order valence-electron chi connectivity index (χ4n) is 2.04. The quantitative estimate of drug-likeness (QED) is 0.555. The number of benzene rings is 2. The Hall–Kier alpha value is -2.74. The summed E-state index contributed by atoms with van der Waals surface area (Å²) in [5, 5.41) is 0. The van der Waals surface area contributed by atoms with Crippen molar-refractivity contribution in [3.8, 4) is 5.75 Å². The van der Waals surface area contributed by atoms with Crippen LogP contribution in [0.3, 0.4) is 0 Å². The van der Waals surface area contributed by atoms with E-state index in [4.69, 9.17) is 0 Å². The molecule has 0 aliphatic heterocycles. The highest BCUT2D eigenvalue weighted by molar-refractivity contribution is 7.92. The number of anilines is 1. The number of carbonyl (C=O) groups is 1. The first-order chi connectivity index (χ1) is 12.3. The van der Waals surface area contributed by atoms with Gasteiger partial charge in [0.15, 0.2) is 5.78 Å². The first kappa shape index (κ1) is 19.6. The Morgan fingerprint density at radius 3 is 2.42 bits per heavy atom. The third kappa shape index (κ3) is 5.66. The molecule has 0 aromatic heterocycles. The van der Waals surface area contributed by atoms with Crippen LogP contribution in [-0.4, -0.2) is 26.6 Å². The van der Waals surface area contributed by atoms with Crippen LogP contribution in [0.1, 0.15) is 22.8 Å². The Morgan fingerprint density at radius 1 is 1.15 bits per heavy atom. The second-order valence-electron chi connectivity index (χ2n) is 5.20. The van der Waals surface area contributed by atoms with Crippen LogP contribution in [-0.2, 0) is 10.0 Å². The van der Waals surface area contributed by atoms with Gasteiger partial charge in [-0.2, -0.15) is 8.78 Å². The molecule has 0 spiro atoms. The predicted octanol–water partition coefficient (Wildman–Crippen LogP) is 3.95. The number of para-hydroxylation sites is 1. The maximum Gasteiger partial charge on any atom is 0.387 e. The molecular weight excluding hydrogens is 364 g/mol. The molecule has 0 unspecified atom stereocenters. The molecule has 5 nitrogen and oxygen atoms in total. The standard InChI is InChI=1S/C18H17F2NO4S/c1-2-26(23,24)21-15-10-7-13(8-11-15)16(22)12-9-14-5-3-4-6-17(14)25-18(19)20/h3-12,18,21H,2H2,1H3/b12-9+. The summed E-state index contributed by atoms with van der Waals surface area (Å²) in [6.45, 7) is -1.44. The zero-order chi connectivity index (χ0) is 19.2. The number of hydrogen-bond donors (Lipinski definition) is 1. The minimum absolute atomic E-state index is 0.0316. The largest absolute Gasteiger partial charge is 0.434 e. The van der Waals surface area contributed by atoms with Gasteiger partial charge in [0.2, 0.25) is 10.0 Å². The lowest BCUT2D eigenvalue weighted by Crippen LogP contribution is -2.14. The van der Waals surface area contributed by atoms with Crippen molar-refractivity contribution < 1.29 is 26.7 Å². The summed E-state index contributed by atoms with van der Waals surface area (Å²) in [7, 11) is -3.39. The van der Waals surface area contributed by atoms with Crippen LogP contribution in [0.2, 0.25) is 0 Å². The number of allylic oxidation sites excluding steroid dienone is 1. The smallest absolute Gasteiger partial charge is 0.387 e. The fraction of sp³-hybridized carbons (Fsp3) is 0.167. The Labute approximate surface area is 150 Å². The molecule has 0 bridgehead atoms. The van der Waals surface area contributed by atoms with E-state index < -0.39 is 16.6 Å². The van der Waals surface area contributed by atoms with Gasteiger partial charge in [0.25, 0.3) is 0 Å². The van der Waals surface area contributed by atoms with Gasteiger partial charge < -0.3 is 4.74 Å². The van der Waals surface area contributed by atoms with Crippen LogP contribution in [0, 0.1) is 0 Å². The van der Waals surface area contributed by atoms with E-state index in [0.29, 0.717) is 16.8 Å². The van der Waals surface area contributed by atoms with Crippen molar-refractivity contribution in [3.63, 3.8) is 0 Å². The first-order valence-electron chi connectivity index (χ1n) is 7.67. The number of ketones is 1. The average molecular weight is 381 g/mol. The number of alkyl halides is 2. The van der Waals surface area contributed by atoms with Gasteiger partial charge in [-0.3, -0.25) is 9.52 Å². The van der Waals surface area contributed by atoms with Crippen molar-refractivity contribution in [1.82, 2.24) is 0 Å². The lowest BCUT2D eigenvalue weighted by atomic mass is 10.1. The van der Waals surface area contributed by atoms with Gasteiger partial charge in [-0.25, -0.2) is 8.42 Å². The molecule has 0 saturated heterocycles. The highest BCUT2D eigenvalue weighted by atomic mass is 32.2. The molecule has 0 heterocycles. The second-order valence-corrected chi connectivity index (χ2v) is 7.21. The van der Waals surface area contributed by atoms with Crippen molar-refractivity contribution in [2.45, 2.75) is 13.5 Å². The predicted molar refractivity (Wildman–Crippen MR) is 96.0 cm³/mol. The average Bonchev–Trinajstić information content (AvgIpc) is 2.60. The summed E-state index contributed by atoms with van der Waals surface area (Å²) in [5.74, 6) is -0.450. The lowest BCUT2D eigenvalue weighted by Gasteiger charge is -2.07. The number of ether oxygens (including phenoxy) is 1. The summed E-state index contributed by atoms with van der Waals surface area (Å²) in [5.41, 5.74) is 1.02. The minimum atomic E-state index is -3.39. The van der Waals surface area contributed by atoms with Crippen LogP contribution in [0.4, 0.5) is 14.5 Å². The number of halogens is 2. The monoisotopic (exact) mass is 381 g/mol. The van der Waals surface area contributed by atoms with E-state index in [1.165, 1.54) is 49.4 Å². The molecule has 2 rings (SSSR count). The van der Waals surface area contributed by atoms with Gasteiger partial charge in [0.1, 0.15) is 5.75 Å². The summed E-state index contributed by atoms with van der Waals surface area (Å²) in [4.78, 5) is 12.2. The molecule has 0 radical (unpaired) electrons. The van der Waals surface area contributed by atoms with Gasteiger partial charge in [-0.1, -0.05) is 18.2 Å². The van der Waals surface area contributed by atoms with Crippen LogP contribution in [0.25, 0.3) is 6.08 Å². The first-order valence-corrected chi connectivity index (χ1v) is 9.33. The lowest BCUT2D eigenvalue weighted by molar-refractivity contribution is -0.0499. The summed E-state index contributed by atoms with van der Waals surface area (Å²) < 4.78 is 54.5. The number of hydrogen-bond acceptors (Lipinski definition) is 4. The topological polar surface area (TPSA) is 72.5 Å². The Morgan fingerprint density at radius 2 is 1.81 bits per heavy atom. The molecule has 8 heteroatoms. The van der Waals surface area contributed by atoms with Gasteiger partial charge in [0.05, 0.1) is 5.75 Å². The zero-order valence-electron chi connectivity index (χ0n) is 13.9. The normalized spacial score (nSPS) is 11.7. The van der Waals surface area contributed by atoms with Crippen molar-refractivity contribution in [1.29, 1.82) is 0 Å². The summed E-state index contributed by atoms with van der Waals surface area (Å²) >= 11 is 0. The third-order valence-electron chi connectivity index (χ3n) is 3.37. The van der Waals surface area contributed by atoms with Crippen LogP contribution < -0.4 is 9.46 Å². The molecule has 0 aliphatic rings. The number of nitrogens with one attached hydrogen (secondary N) is 1. The van der Waals surface area contributed by atoms with E-state index in [-0.39, 0.29) is 17.3 Å². The van der Waals surface area contributed by atoms with Crippen molar-refractivity contribution in [2.24, 2.45) is 0 Å². The second kappa shape index (κ2) is 8.57. The van der Waals surface area contributed by atoms with E-state index in [9.17, 15) is 22.0 Å². The maximum atomic E-state index is 12.4. The number of rotatable bonds is 8. The summed E-state index contributed by atoms with van der Waals surface area (Å²) in [6.07, 6.45) is 2.62. The van der Waals surface area contributed by atoms with Crippen LogP contribution in [0.5, 0.6) is 5.75 Å². The fourth-order valence-corrected chi connectivity index (χ4v) is 2.68. The Bertz CT molecular complexity index is 894. The Kier molecular flexibility index (Phi) is 6.46. The van der Waals surface area contributed by atoms with E-state index in [2.05, 4.69) is 9.46 Å². The third-order valence-corrected chi connectivity index (χ3v) is 4.68. The van der Waals surface area contributed by atoms with E-state index in [0.717, 1.165) is 0 Å². The van der Waals surface area contributed by atoms with E-state index >= 15 is 0 Å². The molecule has 0 amide bonds. The van der Waals surface area contributed by atoms with Crippen molar-refractivity contribution in [3.05, 3.63) is 65.7 Å². The Balaban J connectivity index is 2.12. The molecule has 1 N–H and O–H groups in total. The minimum Gasteiger partial charge on any atom is -0.434 e. The molecule has 0 saturated carbocycles. The molecule has 2 aromatic rings. The van der Waals surface area contributed by atoms with Gasteiger partial charge >= 0.3 is 6.61 Å². The highest BCUT2D eigenvalue weighted by Crippen LogP contribution is 2.22. The molecular formula is C18H17F2NO4S. The molecule has 0 fully saturated rings. The van der Waals surface area contributed by atoms with Crippen LogP contribution in [0.15, 0.2) is 54.6 Å². The molecule has 0 aliphatic carbocycles. The van der Waals surface area contributed by atoms with Gasteiger partial charge in [-0.05, 0) is 49.4 Å². The molecule has 0 atom stereocenters. The molecule has 2 aromatic carbocycles. The highest BCUT2D eigenvalue weighted by Gasteiger charge is 2.09. The van der Waals surface area contributed by atoms with E-state index in [1.54, 1.807) is 18.2 Å². The van der Waals surface area contributed by atoms with Crippen LogP contribution >= 0.6 is 0 Å². The maximum absolute atomic E-state index is 12.4. The zero-order valence-corrected chi connectivity index (χ0v) is 14.7.